The molecule has 12 heteroatoms. The number of rotatable bonds is 10. The number of halogens is 1. The zero-order valence-electron chi connectivity index (χ0n) is 21.2. The predicted octanol–water partition coefficient (Wildman–Crippen LogP) is 5.59. The van der Waals surface area contributed by atoms with Crippen LogP contribution in [0.5, 0.6) is 0 Å². The molecule has 2 unspecified atom stereocenters. The van der Waals surface area contributed by atoms with Gasteiger partial charge in [-0.25, -0.2) is 22.9 Å². The Labute approximate surface area is 240 Å². The summed E-state index contributed by atoms with van der Waals surface area (Å²) in [5.74, 6) is 0.416. The van der Waals surface area contributed by atoms with Gasteiger partial charge in [-0.2, -0.15) is 0 Å². The van der Waals surface area contributed by atoms with E-state index < -0.39 is 27.4 Å². The third kappa shape index (κ3) is 5.84. The second kappa shape index (κ2) is 10.7. The van der Waals surface area contributed by atoms with Gasteiger partial charge in [-0.15, -0.1) is 11.3 Å². The van der Waals surface area contributed by atoms with E-state index >= 15 is 0 Å². The van der Waals surface area contributed by atoms with Crippen molar-refractivity contribution in [3.05, 3.63) is 75.9 Å². The molecular weight excluding hydrogens is 572 g/mol. The second-order valence-electron chi connectivity index (χ2n) is 10.3. The minimum Gasteiger partial charge on any atom is -0.465 e. The van der Waals surface area contributed by atoms with E-state index in [1.807, 2.05) is 36.4 Å². The number of hydrogen-bond donors (Lipinski definition) is 4. The fourth-order valence-corrected chi connectivity index (χ4v) is 7.83. The van der Waals surface area contributed by atoms with E-state index in [2.05, 4.69) is 20.0 Å². The quantitative estimate of drug-likeness (QED) is 0.186. The molecule has 2 saturated carbocycles. The number of carboxylic acid groups (broad SMARTS) is 1. The number of nitrogens with one attached hydrogen (secondary N) is 2. The molecule has 4 aromatic rings. The zero-order chi connectivity index (χ0) is 28.0. The van der Waals surface area contributed by atoms with Gasteiger partial charge in [0, 0.05) is 21.3 Å². The van der Waals surface area contributed by atoms with Crippen LogP contribution in [0.2, 0.25) is 5.02 Å². The fraction of sp³-hybridized carbons (Fsp3) is 0.321. The first-order valence-corrected chi connectivity index (χ1v) is 15.8. The summed E-state index contributed by atoms with van der Waals surface area (Å²) in [6, 6.07) is 13.7. The predicted molar refractivity (Wildman–Crippen MR) is 155 cm³/mol. The number of fused-ring (bicyclic) bond motifs is 1. The van der Waals surface area contributed by atoms with Crippen molar-refractivity contribution in [1.82, 2.24) is 14.7 Å². The van der Waals surface area contributed by atoms with Gasteiger partial charge in [0.2, 0.25) is 10.0 Å². The lowest BCUT2D eigenvalue weighted by Gasteiger charge is -2.19. The topological polar surface area (TPSA) is 142 Å². The number of nitrogens with zero attached hydrogens (tertiary/aromatic N) is 2. The summed E-state index contributed by atoms with van der Waals surface area (Å²) >= 11 is 7.92. The summed E-state index contributed by atoms with van der Waals surface area (Å²) in [6.07, 6.45) is 3.96. The molecule has 2 fully saturated rings. The van der Waals surface area contributed by atoms with Gasteiger partial charge in [0.15, 0.2) is 0 Å². The van der Waals surface area contributed by atoms with Crippen molar-refractivity contribution in [3.8, 4) is 11.3 Å². The molecule has 0 radical (unpaired) electrons. The first-order chi connectivity index (χ1) is 19.2. The van der Waals surface area contributed by atoms with Crippen LogP contribution in [0.3, 0.4) is 0 Å². The maximum Gasteiger partial charge on any atom is 0.410 e. The molecule has 0 aliphatic heterocycles. The zero-order valence-corrected chi connectivity index (χ0v) is 23.6. The number of aliphatic hydroxyl groups excluding tert-OH is 1. The molecule has 9 nitrogen and oxygen atoms in total. The number of sulfonamides is 1. The maximum absolute atomic E-state index is 13.1. The van der Waals surface area contributed by atoms with Gasteiger partial charge >= 0.3 is 6.09 Å². The lowest BCUT2D eigenvalue weighted by atomic mass is 10.0. The third-order valence-corrected chi connectivity index (χ3v) is 10.7. The van der Waals surface area contributed by atoms with Gasteiger partial charge < -0.3 is 10.2 Å². The Hall–Kier alpha value is -3.09. The average Bonchev–Trinajstić information content (AvgIpc) is 3.84. The molecule has 2 aliphatic carbocycles. The van der Waals surface area contributed by atoms with Gasteiger partial charge in [-0.05, 0) is 79.3 Å². The summed E-state index contributed by atoms with van der Waals surface area (Å²) < 4.78 is 29.9. The first kappa shape index (κ1) is 27.1. The molecule has 0 saturated heterocycles. The smallest absolute Gasteiger partial charge is 0.410 e. The van der Waals surface area contributed by atoms with E-state index in [0.29, 0.717) is 30.1 Å². The van der Waals surface area contributed by atoms with E-state index in [4.69, 9.17) is 16.7 Å². The van der Waals surface area contributed by atoms with Crippen LogP contribution >= 0.6 is 22.9 Å². The second-order valence-corrected chi connectivity index (χ2v) is 13.8. The van der Waals surface area contributed by atoms with Crippen LogP contribution in [0, 0.1) is 5.92 Å². The Morgan fingerprint density at radius 1 is 1.12 bits per heavy atom. The maximum atomic E-state index is 13.1. The van der Waals surface area contributed by atoms with Crippen LogP contribution in [-0.4, -0.2) is 46.0 Å². The third-order valence-electron chi connectivity index (χ3n) is 7.19. The molecule has 2 atom stereocenters. The number of hydrogen-bond acceptors (Lipinski definition) is 7. The van der Waals surface area contributed by atoms with Crippen LogP contribution in [0.15, 0.2) is 54.7 Å². The molecule has 1 aromatic carbocycles. The number of aliphatic hydroxyl groups is 1. The molecule has 40 heavy (non-hydrogen) atoms. The Bertz CT molecular complexity index is 1700. The minimum atomic E-state index is -3.67. The number of benzene rings is 1. The Balaban J connectivity index is 1.41. The highest BCUT2D eigenvalue weighted by Crippen LogP contribution is 2.41. The SMILES string of the molecule is O=C(O)Nc1ccc(Cl)c(C(NS(=O)(=O)C2CC2)c2cc3cccc(-c4cc(CC(O)C5CC5)ccn4)c3s2)n1. The highest BCUT2D eigenvalue weighted by atomic mass is 35.5. The van der Waals surface area contributed by atoms with Gasteiger partial charge in [0.25, 0.3) is 0 Å². The number of thiophene rings is 1. The van der Waals surface area contributed by atoms with E-state index in [1.165, 1.54) is 23.5 Å². The van der Waals surface area contributed by atoms with Crippen molar-refractivity contribution >= 4 is 55.0 Å². The Morgan fingerprint density at radius 3 is 2.65 bits per heavy atom. The van der Waals surface area contributed by atoms with Gasteiger partial charge in [0.1, 0.15) is 5.82 Å². The van der Waals surface area contributed by atoms with E-state index in [-0.39, 0.29) is 22.6 Å². The van der Waals surface area contributed by atoms with Crippen molar-refractivity contribution in [1.29, 1.82) is 0 Å². The normalized spacial score (nSPS) is 17.1. The minimum absolute atomic E-state index is 0.0405. The number of aromatic nitrogens is 2. The van der Waals surface area contributed by atoms with Crippen LogP contribution in [0.25, 0.3) is 21.3 Å². The number of carbonyl (C=O) groups is 1. The van der Waals surface area contributed by atoms with E-state index in [9.17, 15) is 18.3 Å². The van der Waals surface area contributed by atoms with Crippen molar-refractivity contribution in [2.24, 2.45) is 5.92 Å². The van der Waals surface area contributed by atoms with Crippen molar-refractivity contribution in [3.63, 3.8) is 0 Å². The summed E-state index contributed by atoms with van der Waals surface area (Å²) in [5, 5.41) is 22.5. The van der Waals surface area contributed by atoms with Gasteiger partial charge in [-0.3, -0.25) is 10.3 Å². The van der Waals surface area contributed by atoms with Gasteiger partial charge in [0.05, 0.1) is 33.8 Å². The summed E-state index contributed by atoms with van der Waals surface area (Å²) in [4.78, 5) is 20.9. The van der Waals surface area contributed by atoms with Crippen LogP contribution < -0.4 is 10.0 Å². The van der Waals surface area contributed by atoms with Crippen molar-refractivity contribution in [2.75, 3.05) is 5.32 Å². The molecule has 4 N–H and O–H groups in total. The van der Waals surface area contributed by atoms with Crippen LogP contribution in [0.1, 0.15) is 47.9 Å². The summed E-state index contributed by atoms with van der Waals surface area (Å²) in [6.45, 7) is 0. The molecule has 6 rings (SSSR count). The van der Waals surface area contributed by atoms with E-state index in [1.54, 1.807) is 6.20 Å². The number of anilines is 1. The molecule has 3 aromatic heterocycles. The lowest BCUT2D eigenvalue weighted by Crippen LogP contribution is -2.32. The molecular formula is C28H27ClN4O5S2. The van der Waals surface area contributed by atoms with Gasteiger partial charge in [-0.1, -0.05) is 29.8 Å². The van der Waals surface area contributed by atoms with Crippen molar-refractivity contribution < 1.29 is 23.4 Å². The Morgan fingerprint density at radius 2 is 1.93 bits per heavy atom. The monoisotopic (exact) mass is 598 g/mol. The standard InChI is InChI=1S/C28H27ClN4O5S2/c29-20-8-9-24(32-28(35)36)31-25(20)26(33-40(37,38)18-6-7-18)23-14-17-2-1-3-19(27(17)39-23)21-12-15(10-11-30-21)13-22(34)16-4-5-16/h1-3,8-12,14,16,18,22,26,33-34H,4-7,13H2,(H,31,32)(H,35,36). The Kier molecular flexibility index (Phi) is 7.26. The molecule has 3 heterocycles. The van der Waals surface area contributed by atoms with Crippen molar-refractivity contribution in [2.45, 2.75) is 49.5 Å². The number of amides is 1. The lowest BCUT2D eigenvalue weighted by molar-refractivity contribution is 0.151. The molecule has 0 bridgehead atoms. The summed E-state index contributed by atoms with van der Waals surface area (Å²) in [5.41, 5.74) is 2.87. The van der Waals surface area contributed by atoms with E-state index in [0.717, 1.165) is 39.7 Å². The molecule has 0 spiro atoms. The highest BCUT2D eigenvalue weighted by Gasteiger charge is 2.39. The van der Waals surface area contributed by atoms with Crippen LogP contribution in [-0.2, 0) is 16.4 Å². The number of pyridine rings is 2. The summed E-state index contributed by atoms with van der Waals surface area (Å²) in [7, 11) is -3.67. The fourth-order valence-electron chi connectivity index (χ4n) is 4.79. The molecule has 1 amide bonds. The average molecular weight is 599 g/mol. The van der Waals surface area contributed by atoms with Crippen LogP contribution in [0.4, 0.5) is 10.6 Å². The highest BCUT2D eigenvalue weighted by molar-refractivity contribution is 7.90. The molecule has 208 valence electrons. The largest absolute Gasteiger partial charge is 0.465 e. The first-order valence-electron chi connectivity index (χ1n) is 13.0. The molecule has 2 aliphatic rings.